The van der Waals surface area contributed by atoms with Crippen LogP contribution in [0.2, 0.25) is 0 Å². The first kappa shape index (κ1) is 19.2. The SMILES string of the molecule is CCc1ccc([C@@H]2c3cccn3-c3ccccc3CN2C(=O)Nc2ccccc2)cc1. The number of hydrogen-bond donors (Lipinski definition) is 1. The van der Waals surface area contributed by atoms with E-state index in [4.69, 9.17) is 0 Å². The molecule has 0 saturated carbocycles. The lowest BCUT2D eigenvalue weighted by molar-refractivity contribution is 0.194. The van der Waals surface area contributed by atoms with Crippen LogP contribution >= 0.6 is 0 Å². The molecule has 0 radical (unpaired) electrons. The summed E-state index contributed by atoms with van der Waals surface area (Å²) in [5, 5.41) is 3.09. The molecule has 5 rings (SSSR count). The molecular formula is C27H25N3O. The van der Waals surface area contributed by atoms with E-state index in [-0.39, 0.29) is 12.1 Å². The zero-order valence-corrected chi connectivity index (χ0v) is 17.5. The summed E-state index contributed by atoms with van der Waals surface area (Å²) in [5.41, 5.74) is 6.51. The zero-order chi connectivity index (χ0) is 21.2. The first-order valence-electron chi connectivity index (χ1n) is 10.7. The molecule has 1 atom stereocenters. The maximum Gasteiger partial charge on any atom is 0.322 e. The monoisotopic (exact) mass is 407 g/mol. The molecular weight excluding hydrogens is 382 g/mol. The van der Waals surface area contributed by atoms with Crippen LogP contribution in [0.1, 0.15) is 35.3 Å². The zero-order valence-electron chi connectivity index (χ0n) is 17.5. The third kappa shape index (κ3) is 3.61. The van der Waals surface area contributed by atoms with Gasteiger partial charge in [0.2, 0.25) is 0 Å². The Balaban J connectivity index is 1.63. The van der Waals surface area contributed by atoms with Crippen LogP contribution in [0.25, 0.3) is 5.69 Å². The summed E-state index contributed by atoms with van der Waals surface area (Å²) in [6.45, 7) is 2.68. The number of fused-ring (bicyclic) bond motifs is 3. The van der Waals surface area contributed by atoms with Crippen LogP contribution < -0.4 is 5.32 Å². The molecule has 1 aliphatic heterocycles. The number of nitrogens with one attached hydrogen (secondary N) is 1. The van der Waals surface area contributed by atoms with Gasteiger partial charge in [-0.25, -0.2) is 4.79 Å². The number of aryl methyl sites for hydroxylation is 1. The van der Waals surface area contributed by atoms with Crippen LogP contribution in [0.5, 0.6) is 0 Å². The summed E-state index contributed by atoms with van der Waals surface area (Å²) in [6.07, 6.45) is 3.07. The second kappa shape index (κ2) is 8.15. The van der Waals surface area contributed by atoms with Crippen molar-refractivity contribution in [2.75, 3.05) is 5.32 Å². The van der Waals surface area contributed by atoms with E-state index in [9.17, 15) is 4.79 Å². The van der Waals surface area contributed by atoms with Gasteiger partial charge in [0.15, 0.2) is 0 Å². The van der Waals surface area contributed by atoms with Gasteiger partial charge in [-0.05, 0) is 53.4 Å². The van der Waals surface area contributed by atoms with Gasteiger partial charge in [-0.3, -0.25) is 0 Å². The van der Waals surface area contributed by atoms with E-state index in [0.717, 1.165) is 34.6 Å². The molecule has 2 heterocycles. The van der Waals surface area contributed by atoms with Crippen molar-refractivity contribution in [3.05, 3.63) is 120 Å². The van der Waals surface area contributed by atoms with E-state index in [2.05, 4.69) is 71.5 Å². The fourth-order valence-electron chi connectivity index (χ4n) is 4.34. The number of anilines is 1. The lowest BCUT2D eigenvalue weighted by atomic mass is 10.00. The van der Waals surface area contributed by atoms with Crippen molar-refractivity contribution in [1.29, 1.82) is 0 Å². The Morgan fingerprint density at radius 2 is 1.65 bits per heavy atom. The van der Waals surface area contributed by atoms with Crippen molar-refractivity contribution in [3.63, 3.8) is 0 Å². The van der Waals surface area contributed by atoms with Crippen molar-refractivity contribution in [2.24, 2.45) is 0 Å². The van der Waals surface area contributed by atoms with Gasteiger partial charge in [0.05, 0.1) is 18.3 Å². The summed E-state index contributed by atoms with van der Waals surface area (Å²) >= 11 is 0. The Kier molecular flexibility index (Phi) is 5.04. The van der Waals surface area contributed by atoms with E-state index in [1.165, 1.54) is 5.56 Å². The molecule has 0 bridgehead atoms. The highest BCUT2D eigenvalue weighted by atomic mass is 16.2. The standard InChI is InChI=1S/C27H25N3O/c1-2-20-14-16-21(17-15-20)26-25-13-8-18-29(25)24-12-7-6-9-22(24)19-30(26)27(31)28-23-10-4-3-5-11-23/h3-18,26H,2,19H2,1H3,(H,28,31)/t26-/m1/s1. The number of urea groups is 1. The predicted octanol–water partition coefficient (Wildman–Crippen LogP) is 6.18. The molecule has 4 nitrogen and oxygen atoms in total. The largest absolute Gasteiger partial charge is 0.322 e. The summed E-state index contributed by atoms with van der Waals surface area (Å²) in [6, 6.07) is 30.4. The van der Waals surface area contributed by atoms with Crippen molar-refractivity contribution in [3.8, 4) is 5.69 Å². The maximum absolute atomic E-state index is 13.6. The highest BCUT2D eigenvalue weighted by molar-refractivity contribution is 5.90. The topological polar surface area (TPSA) is 37.3 Å². The number of aromatic nitrogens is 1. The van der Waals surface area contributed by atoms with E-state index in [0.29, 0.717) is 6.54 Å². The number of para-hydroxylation sites is 2. The van der Waals surface area contributed by atoms with Crippen molar-refractivity contribution >= 4 is 11.7 Å². The molecule has 31 heavy (non-hydrogen) atoms. The van der Waals surface area contributed by atoms with Gasteiger partial charge >= 0.3 is 6.03 Å². The van der Waals surface area contributed by atoms with Crippen LogP contribution in [0.3, 0.4) is 0 Å². The Bertz CT molecular complexity index is 1190. The fraction of sp³-hybridized carbons (Fsp3) is 0.148. The molecule has 0 fully saturated rings. The second-order valence-electron chi connectivity index (χ2n) is 7.85. The molecule has 2 amide bonds. The predicted molar refractivity (Wildman–Crippen MR) is 124 cm³/mol. The van der Waals surface area contributed by atoms with Crippen LogP contribution in [0.15, 0.2) is 97.2 Å². The minimum atomic E-state index is -0.197. The van der Waals surface area contributed by atoms with Gasteiger partial charge in [-0.2, -0.15) is 0 Å². The molecule has 0 unspecified atom stereocenters. The molecule has 1 N–H and O–H groups in total. The lowest BCUT2D eigenvalue weighted by Gasteiger charge is -2.31. The first-order valence-corrected chi connectivity index (χ1v) is 10.7. The minimum absolute atomic E-state index is 0.111. The van der Waals surface area contributed by atoms with Crippen LogP contribution in [0, 0.1) is 0 Å². The smallest absolute Gasteiger partial charge is 0.318 e. The van der Waals surface area contributed by atoms with Crippen LogP contribution in [-0.4, -0.2) is 15.5 Å². The van der Waals surface area contributed by atoms with Crippen molar-refractivity contribution < 1.29 is 4.79 Å². The molecule has 3 aromatic carbocycles. The third-order valence-corrected chi connectivity index (χ3v) is 5.95. The van der Waals surface area contributed by atoms with Gasteiger partial charge < -0.3 is 14.8 Å². The number of amides is 2. The van der Waals surface area contributed by atoms with Gasteiger partial charge in [0.1, 0.15) is 0 Å². The Hall–Kier alpha value is -3.79. The van der Waals surface area contributed by atoms with Gasteiger partial charge in [0.25, 0.3) is 0 Å². The molecule has 0 saturated heterocycles. The van der Waals surface area contributed by atoms with E-state index in [1.807, 2.05) is 47.4 Å². The van der Waals surface area contributed by atoms with Gasteiger partial charge in [-0.1, -0.05) is 67.6 Å². The number of hydrogen-bond acceptors (Lipinski definition) is 1. The lowest BCUT2D eigenvalue weighted by Crippen LogP contribution is -2.37. The fourth-order valence-corrected chi connectivity index (χ4v) is 4.34. The summed E-state index contributed by atoms with van der Waals surface area (Å²) in [4.78, 5) is 15.5. The number of carbonyl (C=O) groups excluding carboxylic acids is 1. The molecule has 0 aliphatic carbocycles. The highest BCUT2D eigenvalue weighted by Gasteiger charge is 2.32. The molecule has 4 heteroatoms. The number of nitrogens with zero attached hydrogens (tertiary/aromatic N) is 2. The van der Waals surface area contributed by atoms with Crippen molar-refractivity contribution in [1.82, 2.24) is 9.47 Å². The average Bonchev–Trinajstić information content (AvgIpc) is 3.24. The van der Waals surface area contributed by atoms with E-state index < -0.39 is 0 Å². The third-order valence-electron chi connectivity index (χ3n) is 5.95. The quantitative estimate of drug-likeness (QED) is 0.433. The molecule has 0 spiro atoms. The molecule has 1 aromatic heterocycles. The summed E-state index contributed by atoms with van der Waals surface area (Å²) in [5.74, 6) is 0. The second-order valence-corrected chi connectivity index (χ2v) is 7.85. The molecule has 1 aliphatic rings. The minimum Gasteiger partial charge on any atom is -0.318 e. The average molecular weight is 408 g/mol. The normalized spacial score (nSPS) is 15.0. The summed E-state index contributed by atoms with van der Waals surface area (Å²) < 4.78 is 2.21. The van der Waals surface area contributed by atoms with Crippen LogP contribution in [-0.2, 0) is 13.0 Å². The van der Waals surface area contributed by atoms with Crippen LogP contribution in [0.4, 0.5) is 10.5 Å². The highest BCUT2D eigenvalue weighted by Crippen LogP contribution is 2.37. The first-order chi connectivity index (χ1) is 15.2. The van der Waals surface area contributed by atoms with E-state index >= 15 is 0 Å². The van der Waals surface area contributed by atoms with Gasteiger partial charge in [0, 0.05) is 17.6 Å². The van der Waals surface area contributed by atoms with E-state index in [1.54, 1.807) is 0 Å². The van der Waals surface area contributed by atoms with Gasteiger partial charge in [-0.15, -0.1) is 0 Å². The Morgan fingerprint density at radius 3 is 2.42 bits per heavy atom. The van der Waals surface area contributed by atoms with Crippen molar-refractivity contribution in [2.45, 2.75) is 25.9 Å². The molecule has 154 valence electrons. The number of benzene rings is 3. The maximum atomic E-state index is 13.6. The number of carbonyl (C=O) groups is 1. The number of rotatable bonds is 3. The summed E-state index contributed by atoms with van der Waals surface area (Å²) in [7, 11) is 0. The Morgan fingerprint density at radius 1 is 0.903 bits per heavy atom. The molecule has 4 aromatic rings. The Labute approximate surface area is 182 Å².